The van der Waals surface area contributed by atoms with E-state index in [1.54, 1.807) is 0 Å². The number of carbonyl (C=O) groups excluding carboxylic acids is 1. The molecule has 0 unspecified atom stereocenters. The Morgan fingerprint density at radius 2 is 1.74 bits per heavy atom. The van der Waals surface area contributed by atoms with Gasteiger partial charge in [-0.2, -0.15) is 23.2 Å². The van der Waals surface area contributed by atoms with Gasteiger partial charge in [-0.15, -0.1) is 0 Å². The highest BCUT2D eigenvalue weighted by molar-refractivity contribution is 6.52. The van der Waals surface area contributed by atoms with Crippen LogP contribution in [0.5, 0.6) is 0 Å². The number of ketones is 1. The summed E-state index contributed by atoms with van der Waals surface area (Å²) in [7, 11) is 0. The normalized spacial score (nSPS) is 13.9. The predicted molar refractivity (Wildman–Crippen MR) is 74.3 cm³/mol. The fraction of sp³-hybridized carbons (Fsp3) is 0.0625. The van der Waals surface area contributed by atoms with E-state index in [4.69, 9.17) is 5.26 Å². The Labute approximate surface area is 128 Å². The van der Waals surface area contributed by atoms with Crippen LogP contribution in [-0.4, -0.2) is 16.2 Å². The molecule has 0 amide bonds. The molecule has 2 aromatic rings. The molecule has 2 aromatic carbocycles. The lowest BCUT2D eigenvalue weighted by molar-refractivity contribution is -0.355. The van der Waals surface area contributed by atoms with Gasteiger partial charge in [0.15, 0.2) is 0 Å². The standard InChI is InChI=1S/C16H7F3N2O2/c17-16(18,19)11-4-2-10(3-5-11)14-15(22)12-6-1-9(8-20)7-13(12)21(14)23/h1-7H. The van der Waals surface area contributed by atoms with Gasteiger partial charge in [0.05, 0.1) is 22.8 Å². The van der Waals surface area contributed by atoms with Crippen LogP contribution in [0.15, 0.2) is 42.5 Å². The van der Waals surface area contributed by atoms with Crippen LogP contribution in [0.4, 0.5) is 18.9 Å². The molecule has 0 N–H and O–H groups in total. The molecule has 4 nitrogen and oxygen atoms in total. The fourth-order valence-electron chi connectivity index (χ4n) is 2.37. The third kappa shape index (κ3) is 2.34. The van der Waals surface area contributed by atoms with E-state index >= 15 is 0 Å². The lowest BCUT2D eigenvalue weighted by Crippen LogP contribution is -2.17. The first-order valence-corrected chi connectivity index (χ1v) is 6.43. The average molecular weight is 316 g/mol. The highest BCUT2D eigenvalue weighted by atomic mass is 19.4. The van der Waals surface area contributed by atoms with E-state index in [1.807, 2.05) is 6.07 Å². The molecule has 0 spiro atoms. The van der Waals surface area contributed by atoms with Gasteiger partial charge < -0.3 is 5.21 Å². The Morgan fingerprint density at radius 3 is 2.30 bits per heavy atom. The summed E-state index contributed by atoms with van der Waals surface area (Å²) >= 11 is 0. The third-order valence-corrected chi connectivity index (χ3v) is 3.49. The van der Waals surface area contributed by atoms with Gasteiger partial charge in [-0.25, -0.2) is 0 Å². The van der Waals surface area contributed by atoms with Crippen molar-refractivity contribution in [2.24, 2.45) is 0 Å². The Hall–Kier alpha value is -3.14. The lowest BCUT2D eigenvalue weighted by atomic mass is 10.0. The zero-order chi connectivity index (χ0) is 16.8. The molecule has 0 aliphatic carbocycles. The number of nitriles is 1. The number of fused-ring (bicyclic) bond motifs is 1. The van der Waals surface area contributed by atoms with Gasteiger partial charge in [0.1, 0.15) is 5.56 Å². The first-order chi connectivity index (χ1) is 10.8. The van der Waals surface area contributed by atoms with Crippen molar-refractivity contribution in [2.75, 3.05) is 0 Å². The summed E-state index contributed by atoms with van der Waals surface area (Å²) in [5, 5.41) is 21.1. The van der Waals surface area contributed by atoms with Crippen LogP contribution in [0.3, 0.4) is 0 Å². The summed E-state index contributed by atoms with van der Waals surface area (Å²) in [6.45, 7) is 0. The summed E-state index contributed by atoms with van der Waals surface area (Å²) < 4.78 is 38.1. The molecule has 0 bridgehead atoms. The van der Waals surface area contributed by atoms with Gasteiger partial charge in [-0.3, -0.25) is 4.79 Å². The van der Waals surface area contributed by atoms with Crippen LogP contribution >= 0.6 is 0 Å². The van der Waals surface area contributed by atoms with E-state index < -0.39 is 17.5 Å². The van der Waals surface area contributed by atoms with Crippen molar-refractivity contribution in [1.82, 2.24) is 0 Å². The summed E-state index contributed by atoms with van der Waals surface area (Å²) in [5.74, 6) is -0.584. The minimum atomic E-state index is -4.50. The number of halogens is 3. The van der Waals surface area contributed by atoms with Crippen LogP contribution in [0.2, 0.25) is 0 Å². The molecule has 0 atom stereocenters. The number of alkyl halides is 3. The van der Waals surface area contributed by atoms with Crippen LogP contribution < -0.4 is 0 Å². The van der Waals surface area contributed by atoms with Gasteiger partial charge in [-0.1, -0.05) is 0 Å². The smallest absolute Gasteiger partial charge is 0.416 e. The molecule has 0 aromatic heterocycles. The quantitative estimate of drug-likeness (QED) is 0.598. The Kier molecular flexibility index (Phi) is 3.18. The summed E-state index contributed by atoms with van der Waals surface area (Å²) in [5.41, 5.74) is -0.686. The molecule has 114 valence electrons. The molecular weight excluding hydrogens is 309 g/mol. The van der Waals surface area contributed by atoms with Crippen molar-refractivity contribution in [2.45, 2.75) is 6.18 Å². The van der Waals surface area contributed by atoms with Crippen molar-refractivity contribution >= 4 is 17.2 Å². The molecule has 23 heavy (non-hydrogen) atoms. The molecule has 1 heterocycles. The van der Waals surface area contributed by atoms with Gasteiger partial charge in [0.2, 0.25) is 5.69 Å². The van der Waals surface area contributed by atoms with Crippen molar-refractivity contribution in [1.29, 1.82) is 5.26 Å². The number of hydrogen-bond acceptors (Lipinski definition) is 3. The molecular formula is C16H7F3N2O2. The van der Waals surface area contributed by atoms with Crippen LogP contribution in [0.1, 0.15) is 27.0 Å². The number of Topliss-reactive ketones (excluding diaryl/α,β-unsaturated/α-hetero) is 1. The van der Waals surface area contributed by atoms with E-state index in [1.165, 1.54) is 18.2 Å². The van der Waals surface area contributed by atoms with Gasteiger partial charge >= 0.3 is 6.18 Å². The van der Waals surface area contributed by atoms with Crippen molar-refractivity contribution in [3.63, 3.8) is 0 Å². The zero-order valence-corrected chi connectivity index (χ0v) is 11.4. The molecule has 1 aliphatic heterocycles. The zero-order valence-electron chi connectivity index (χ0n) is 11.4. The maximum atomic E-state index is 12.6. The molecule has 7 heteroatoms. The van der Waals surface area contributed by atoms with Crippen LogP contribution in [0, 0.1) is 16.5 Å². The average Bonchev–Trinajstić information content (AvgIpc) is 2.77. The molecule has 0 saturated carbocycles. The molecule has 0 radical (unpaired) electrons. The molecule has 0 saturated heterocycles. The van der Waals surface area contributed by atoms with Crippen molar-refractivity contribution < 1.29 is 22.7 Å². The maximum absolute atomic E-state index is 12.6. The van der Waals surface area contributed by atoms with Gasteiger partial charge in [0, 0.05) is 6.07 Å². The Morgan fingerprint density at radius 1 is 1.09 bits per heavy atom. The van der Waals surface area contributed by atoms with E-state index in [2.05, 4.69) is 0 Å². The van der Waals surface area contributed by atoms with Crippen LogP contribution in [0.25, 0.3) is 0 Å². The van der Waals surface area contributed by atoms with E-state index in [-0.39, 0.29) is 28.1 Å². The second-order valence-corrected chi connectivity index (χ2v) is 4.89. The van der Waals surface area contributed by atoms with Gasteiger partial charge in [0.25, 0.3) is 11.5 Å². The summed E-state index contributed by atoms with van der Waals surface area (Å²) in [6, 6.07) is 9.69. The van der Waals surface area contributed by atoms with Gasteiger partial charge in [-0.05, 0) is 36.4 Å². The molecule has 0 fully saturated rings. The monoisotopic (exact) mass is 316 g/mol. The Bertz CT molecular complexity index is 891. The summed E-state index contributed by atoms with van der Waals surface area (Å²) in [6.07, 6.45) is -4.50. The minimum absolute atomic E-state index is 0.0175. The van der Waals surface area contributed by atoms with Crippen LogP contribution in [-0.2, 0) is 6.18 Å². The predicted octanol–water partition coefficient (Wildman–Crippen LogP) is 3.40. The number of carbonyl (C=O) groups is 1. The second-order valence-electron chi connectivity index (χ2n) is 4.89. The number of hydrogen-bond donors (Lipinski definition) is 0. The topological polar surface area (TPSA) is 66.9 Å². The second kappa shape index (κ2) is 4.95. The molecule has 3 rings (SSSR count). The maximum Gasteiger partial charge on any atom is 0.416 e. The minimum Gasteiger partial charge on any atom is -0.618 e. The van der Waals surface area contributed by atoms with Crippen molar-refractivity contribution in [3.05, 3.63) is 69.9 Å². The van der Waals surface area contributed by atoms with Crippen molar-refractivity contribution in [3.8, 4) is 6.07 Å². The Balaban J connectivity index is 2.09. The highest BCUT2D eigenvalue weighted by Gasteiger charge is 2.37. The highest BCUT2D eigenvalue weighted by Crippen LogP contribution is 2.32. The number of benzene rings is 2. The first-order valence-electron chi connectivity index (χ1n) is 6.43. The fourth-order valence-corrected chi connectivity index (χ4v) is 2.37. The van der Waals surface area contributed by atoms with E-state index in [9.17, 15) is 23.2 Å². The number of nitrogens with zero attached hydrogens (tertiary/aromatic N) is 2. The molecule has 1 aliphatic rings. The SMILES string of the molecule is N#Cc1ccc2c(c1)[N+]([O-])=C(c1ccc(C(F)(F)F)cc1)C2=O. The van der Waals surface area contributed by atoms with E-state index in [0.29, 0.717) is 4.74 Å². The third-order valence-electron chi connectivity index (χ3n) is 3.49. The van der Waals surface area contributed by atoms with E-state index in [0.717, 1.165) is 24.3 Å². The largest absolute Gasteiger partial charge is 0.618 e. The summed E-state index contributed by atoms with van der Waals surface area (Å²) in [4.78, 5) is 12.3. The first kappa shape index (κ1) is 14.8. The number of rotatable bonds is 1. The lowest BCUT2D eigenvalue weighted by Gasteiger charge is -2.07.